The van der Waals surface area contributed by atoms with Crippen molar-refractivity contribution in [1.29, 1.82) is 0 Å². The lowest BCUT2D eigenvalue weighted by molar-refractivity contribution is 0.726. The third-order valence-electron chi connectivity index (χ3n) is 2.52. The molecule has 0 saturated carbocycles. The molecule has 0 fully saturated rings. The van der Waals surface area contributed by atoms with Gasteiger partial charge in [0.2, 0.25) is 0 Å². The predicted molar refractivity (Wildman–Crippen MR) is 66.3 cm³/mol. The molecular formula is C11H12N2O2S. The van der Waals surface area contributed by atoms with Gasteiger partial charge in [0.1, 0.15) is 0 Å². The van der Waals surface area contributed by atoms with Gasteiger partial charge in [-0.25, -0.2) is 4.79 Å². The van der Waals surface area contributed by atoms with Crippen LogP contribution in [0, 0.1) is 0 Å². The van der Waals surface area contributed by atoms with Crippen LogP contribution in [0.5, 0.6) is 0 Å². The molecule has 0 amide bonds. The van der Waals surface area contributed by atoms with Crippen molar-refractivity contribution in [2.75, 3.05) is 6.26 Å². The van der Waals surface area contributed by atoms with Crippen molar-refractivity contribution in [3.63, 3.8) is 0 Å². The summed E-state index contributed by atoms with van der Waals surface area (Å²) >= 11 is 1.59. The third kappa shape index (κ3) is 1.67. The fourth-order valence-electron chi connectivity index (χ4n) is 1.71. The second-order valence-corrected chi connectivity index (χ2v) is 4.27. The Bertz CT molecular complexity index is 642. The number of aryl methyl sites for hydroxylation is 1. The number of hydrogen-bond acceptors (Lipinski definition) is 3. The van der Waals surface area contributed by atoms with Crippen molar-refractivity contribution >= 4 is 22.7 Å². The van der Waals surface area contributed by atoms with Gasteiger partial charge >= 0.3 is 5.69 Å². The molecule has 0 aliphatic heterocycles. The normalized spacial score (nSPS) is 10.9. The molecule has 0 radical (unpaired) electrons. The third-order valence-corrected chi connectivity index (χ3v) is 3.25. The fraction of sp³-hybridized carbons (Fsp3) is 0.273. The van der Waals surface area contributed by atoms with Gasteiger partial charge in [-0.3, -0.25) is 14.3 Å². The minimum absolute atomic E-state index is 0.322. The minimum atomic E-state index is -0.349. The van der Waals surface area contributed by atoms with Crippen LogP contribution in [0.3, 0.4) is 0 Å². The second-order valence-electron chi connectivity index (χ2n) is 3.39. The molecule has 2 aromatic rings. The van der Waals surface area contributed by atoms with Gasteiger partial charge in [0.05, 0.1) is 10.9 Å². The Labute approximate surface area is 96.3 Å². The van der Waals surface area contributed by atoms with Crippen LogP contribution in [-0.4, -0.2) is 15.8 Å². The van der Waals surface area contributed by atoms with Gasteiger partial charge in [-0.1, -0.05) is 0 Å². The highest BCUT2D eigenvalue weighted by atomic mass is 32.2. The highest BCUT2D eigenvalue weighted by Crippen LogP contribution is 2.18. The van der Waals surface area contributed by atoms with E-state index in [4.69, 9.17) is 0 Å². The summed E-state index contributed by atoms with van der Waals surface area (Å²) in [5, 5.41) is 0.555. The van der Waals surface area contributed by atoms with E-state index >= 15 is 0 Å². The summed E-state index contributed by atoms with van der Waals surface area (Å²) in [6, 6.07) is 5.51. The minimum Gasteiger partial charge on any atom is -0.294 e. The average Bonchev–Trinajstić information content (AvgIpc) is 2.28. The van der Waals surface area contributed by atoms with Crippen LogP contribution in [0.15, 0.2) is 32.7 Å². The lowest BCUT2D eigenvalue weighted by atomic mass is 10.2. The molecule has 16 heavy (non-hydrogen) atoms. The number of nitrogens with one attached hydrogen (secondary N) is 1. The van der Waals surface area contributed by atoms with Gasteiger partial charge in [0.15, 0.2) is 0 Å². The summed E-state index contributed by atoms with van der Waals surface area (Å²) in [5.41, 5.74) is 0.0266. The van der Waals surface area contributed by atoms with E-state index in [2.05, 4.69) is 4.98 Å². The number of fused-ring (bicyclic) bond motifs is 1. The fourth-order valence-corrected chi connectivity index (χ4v) is 2.14. The molecule has 0 aliphatic rings. The van der Waals surface area contributed by atoms with Crippen molar-refractivity contribution in [2.24, 2.45) is 0 Å². The van der Waals surface area contributed by atoms with Crippen molar-refractivity contribution < 1.29 is 0 Å². The number of aromatic nitrogens is 2. The summed E-state index contributed by atoms with van der Waals surface area (Å²) in [6.45, 7) is 2.43. The maximum atomic E-state index is 11.6. The zero-order valence-corrected chi connectivity index (χ0v) is 9.93. The maximum absolute atomic E-state index is 11.6. The molecule has 0 atom stereocenters. The molecule has 0 aliphatic carbocycles. The number of thioether (sulfide) groups is 1. The van der Waals surface area contributed by atoms with E-state index in [1.807, 2.05) is 25.3 Å². The monoisotopic (exact) mass is 236 g/mol. The molecule has 0 spiro atoms. The number of aromatic amines is 1. The zero-order chi connectivity index (χ0) is 11.7. The highest BCUT2D eigenvalue weighted by molar-refractivity contribution is 7.98. The van der Waals surface area contributed by atoms with E-state index in [1.165, 1.54) is 0 Å². The van der Waals surface area contributed by atoms with Crippen molar-refractivity contribution in [3.8, 4) is 0 Å². The van der Waals surface area contributed by atoms with E-state index in [9.17, 15) is 9.59 Å². The molecule has 5 heteroatoms. The van der Waals surface area contributed by atoms with Crippen LogP contribution in [0.1, 0.15) is 6.92 Å². The Hall–Kier alpha value is -1.49. The van der Waals surface area contributed by atoms with E-state index in [0.717, 1.165) is 4.90 Å². The molecule has 1 aromatic carbocycles. The molecule has 1 N–H and O–H groups in total. The molecule has 84 valence electrons. The largest absolute Gasteiger partial charge is 0.328 e. The first-order valence-corrected chi connectivity index (χ1v) is 6.20. The Morgan fingerprint density at radius 1 is 1.38 bits per heavy atom. The van der Waals surface area contributed by atoms with Crippen LogP contribution < -0.4 is 11.2 Å². The molecule has 4 nitrogen and oxygen atoms in total. The summed E-state index contributed by atoms with van der Waals surface area (Å²) in [7, 11) is 0. The quantitative estimate of drug-likeness (QED) is 0.803. The number of rotatable bonds is 2. The van der Waals surface area contributed by atoms with E-state index in [1.54, 1.807) is 22.4 Å². The Kier molecular flexibility index (Phi) is 2.87. The summed E-state index contributed by atoms with van der Waals surface area (Å²) in [5.74, 6) is 0. The first-order valence-electron chi connectivity index (χ1n) is 4.98. The zero-order valence-electron chi connectivity index (χ0n) is 9.11. The Balaban J connectivity index is 2.95. The van der Waals surface area contributed by atoms with Crippen LogP contribution >= 0.6 is 11.8 Å². The van der Waals surface area contributed by atoms with Crippen LogP contribution in [0.4, 0.5) is 0 Å². The van der Waals surface area contributed by atoms with Crippen molar-refractivity contribution in [1.82, 2.24) is 9.55 Å². The van der Waals surface area contributed by atoms with Gasteiger partial charge in [-0.05, 0) is 31.4 Å². The van der Waals surface area contributed by atoms with E-state index in [0.29, 0.717) is 17.4 Å². The van der Waals surface area contributed by atoms with E-state index in [-0.39, 0.29) is 11.2 Å². The standard InChI is InChI=1S/C11H12N2O2S/c1-3-13-9-6-7(16-2)4-5-8(9)10(14)12-11(13)15/h4-6H,3H2,1-2H3,(H,12,14,15). The molecule has 0 bridgehead atoms. The summed E-state index contributed by atoms with van der Waals surface area (Å²) in [4.78, 5) is 26.5. The highest BCUT2D eigenvalue weighted by Gasteiger charge is 2.06. The molecule has 2 rings (SSSR count). The molecule has 1 aromatic heterocycles. The first kappa shape index (κ1) is 11.0. The van der Waals surface area contributed by atoms with Crippen LogP contribution in [0.2, 0.25) is 0 Å². The van der Waals surface area contributed by atoms with Crippen molar-refractivity contribution in [2.45, 2.75) is 18.4 Å². The second kappa shape index (κ2) is 4.17. The topological polar surface area (TPSA) is 54.9 Å². The lowest BCUT2D eigenvalue weighted by Gasteiger charge is -2.07. The lowest BCUT2D eigenvalue weighted by Crippen LogP contribution is -2.29. The van der Waals surface area contributed by atoms with Crippen molar-refractivity contribution in [3.05, 3.63) is 39.0 Å². The summed E-state index contributed by atoms with van der Waals surface area (Å²) < 4.78 is 1.57. The van der Waals surface area contributed by atoms with Gasteiger partial charge in [-0.2, -0.15) is 0 Å². The molecule has 1 heterocycles. The number of nitrogens with zero attached hydrogens (tertiary/aromatic N) is 1. The number of H-pyrrole nitrogens is 1. The maximum Gasteiger partial charge on any atom is 0.328 e. The molecule has 0 unspecified atom stereocenters. The average molecular weight is 236 g/mol. The van der Waals surface area contributed by atoms with Gasteiger partial charge < -0.3 is 0 Å². The first-order chi connectivity index (χ1) is 7.67. The summed E-state index contributed by atoms with van der Waals surface area (Å²) in [6.07, 6.45) is 1.96. The number of hydrogen-bond donors (Lipinski definition) is 1. The Morgan fingerprint density at radius 2 is 2.12 bits per heavy atom. The smallest absolute Gasteiger partial charge is 0.294 e. The van der Waals surface area contributed by atoms with Gasteiger partial charge in [0.25, 0.3) is 5.56 Å². The number of benzene rings is 1. The van der Waals surface area contributed by atoms with Crippen LogP contribution in [-0.2, 0) is 6.54 Å². The van der Waals surface area contributed by atoms with Gasteiger partial charge in [0, 0.05) is 11.4 Å². The van der Waals surface area contributed by atoms with Crippen LogP contribution in [0.25, 0.3) is 10.9 Å². The molecular weight excluding hydrogens is 224 g/mol. The SMILES string of the molecule is CCn1c(=O)[nH]c(=O)c2ccc(SC)cc21. The predicted octanol–water partition coefficient (Wildman–Crippen LogP) is 1.43. The Morgan fingerprint density at radius 3 is 2.75 bits per heavy atom. The molecule has 0 saturated heterocycles. The van der Waals surface area contributed by atoms with E-state index < -0.39 is 0 Å². The van der Waals surface area contributed by atoms with Gasteiger partial charge in [-0.15, -0.1) is 11.8 Å².